The van der Waals surface area contributed by atoms with Gasteiger partial charge in [0.05, 0.1) is 5.52 Å². The van der Waals surface area contributed by atoms with Crippen LogP contribution in [-0.2, 0) is 0 Å². The Bertz CT molecular complexity index is 481. The number of hydrogen-bond donors (Lipinski definition) is 2. The Balaban J connectivity index is 0.000000845. The Kier molecular flexibility index (Phi) is 6.05. The van der Waals surface area contributed by atoms with Crippen LogP contribution in [0.15, 0.2) is 35.1 Å². The van der Waals surface area contributed by atoms with Gasteiger partial charge in [0.1, 0.15) is 5.75 Å². The van der Waals surface area contributed by atoms with Crippen LogP contribution in [0.3, 0.4) is 0 Å². The Morgan fingerprint density at radius 2 is 1.79 bits per heavy atom. The molecule has 0 radical (unpaired) electrons. The van der Waals surface area contributed by atoms with Crippen LogP contribution in [0.2, 0.25) is 0 Å². The third kappa shape index (κ3) is 2.86. The van der Waals surface area contributed by atoms with E-state index >= 15 is 0 Å². The van der Waals surface area contributed by atoms with E-state index in [1.807, 2.05) is 0 Å². The normalized spacial score (nSPS) is 8.86. The van der Waals surface area contributed by atoms with Crippen LogP contribution in [0.4, 0.5) is 0 Å². The minimum Gasteiger partial charge on any atom is -0.507 e. The summed E-state index contributed by atoms with van der Waals surface area (Å²) in [6.07, 6.45) is 0. The van der Waals surface area contributed by atoms with Crippen molar-refractivity contribution in [2.45, 2.75) is 0 Å². The minimum absolute atomic E-state index is 0. The van der Waals surface area contributed by atoms with Gasteiger partial charge in [-0.05, 0) is 12.1 Å². The number of aromatic hydroxyl groups is 1. The molecule has 0 unspecified atom stereocenters. The summed E-state index contributed by atoms with van der Waals surface area (Å²) in [4.78, 5) is 13.5. The van der Waals surface area contributed by atoms with Crippen LogP contribution in [0.1, 0.15) is 0 Å². The fraction of sp³-hybridized carbons (Fsp3) is 0. The molecule has 3 nitrogen and oxygen atoms in total. The molecule has 1 aromatic heterocycles. The summed E-state index contributed by atoms with van der Waals surface area (Å²) >= 11 is 0. The second kappa shape index (κ2) is 5.95. The second-order valence-electron chi connectivity index (χ2n) is 2.56. The molecule has 0 aliphatic carbocycles. The van der Waals surface area contributed by atoms with Crippen molar-refractivity contribution < 1.29 is 64.2 Å². The molecule has 5 heteroatoms. The number of rotatable bonds is 0. The van der Waals surface area contributed by atoms with Gasteiger partial charge in [-0.2, -0.15) is 0 Å². The number of H-pyrrole nitrogens is 1. The molecule has 2 aromatic rings. The molecule has 0 bridgehead atoms. The van der Waals surface area contributed by atoms with Crippen LogP contribution in [0.25, 0.3) is 10.9 Å². The Morgan fingerprint density at radius 3 is 2.50 bits per heavy atom. The maximum atomic E-state index is 10.9. The predicted octanol–water partition coefficient (Wildman–Crippen LogP) is -4.76. The largest absolute Gasteiger partial charge is 1.00 e. The first kappa shape index (κ1) is 14.2. The maximum Gasteiger partial charge on any atom is 1.00 e. The van der Waals surface area contributed by atoms with Gasteiger partial charge in [-0.25, -0.2) is 0 Å². The van der Waals surface area contributed by atoms with Crippen molar-refractivity contribution in [1.29, 1.82) is 0 Å². The smallest absolute Gasteiger partial charge is 0.507 e. The zero-order valence-electron chi connectivity index (χ0n) is 8.24. The van der Waals surface area contributed by atoms with Crippen LogP contribution >= 0.6 is 0 Å². The number of fused-ring (bicyclic) bond motifs is 1. The summed E-state index contributed by atoms with van der Waals surface area (Å²) in [6, 6.07) is 8.28. The van der Waals surface area contributed by atoms with Crippen molar-refractivity contribution >= 4 is 10.9 Å². The number of pyridine rings is 1. The monoisotopic (exact) mass is 207 g/mol. The number of para-hydroxylation sites is 1. The van der Waals surface area contributed by atoms with Crippen LogP contribution in [0.5, 0.6) is 5.75 Å². The van der Waals surface area contributed by atoms with E-state index in [1.54, 1.807) is 24.3 Å². The zero-order chi connectivity index (χ0) is 8.55. The number of hydrogen-bond acceptors (Lipinski definition) is 2. The Hall–Kier alpha value is 0.230. The fourth-order valence-corrected chi connectivity index (χ4v) is 1.19. The third-order valence-corrected chi connectivity index (χ3v) is 1.73. The molecule has 2 rings (SSSR count). The molecule has 60 valence electrons. The first-order chi connectivity index (χ1) is 5.77. The molecule has 0 saturated heterocycles. The van der Waals surface area contributed by atoms with Crippen LogP contribution in [-0.4, -0.2) is 10.1 Å². The summed E-state index contributed by atoms with van der Waals surface area (Å²) in [5, 5.41) is 10.00. The molecular formula is C9H7NNa2O2+2. The van der Waals surface area contributed by atoms with Crippen molar-refractivity contribution in [2.24, 2.45) is 0 Å². The molecule has 0 atom stereocenters. The number of aromatic nitrogens is 1. The molecule has 0 fully saturated rings. The number of nitrogens with one attached hydrogen (secondary N) is 1. The van der Waals surface area contributed by atoms with E-state index < -0.39 is 0 Å². The van der Waals surface area contributed by atoms with Crippen molar-refractivity contribution in [1.82, 2.24) is 4.98 Å². The third-order valence-electron chi connectivity index (χ3n) is 1.73. The van der Waals surface area contributed by atoms with Crippen molar-refractivity contribution in [3.63, 3.8) is 0 Å². The molecule has 14 heavy (non-hydrogen) atoms. The Labute approximate surface area is 125 Å². The van der Waals surface area contributed by atoms with E-state index in [9.17, 15) is 9.90 Å². The van der Waals surface area contributed by atoms with E-state index in [-0.39, 0.29) is 70.4 Å². The molecule has 0 amide bonds. The topological polar surface area (TPSA) is 53.1 Å². The average Bonchev–Trinajstić information content (AvgIpc) is 2.04. The number of benzene rings is 1. The van der Waals surface area contributed by atoms with Gasteiger partial charge < -0.3 is 10.1 Å². The quantitative estimate of drug-likeness (QED) is 0.426. The minimum atomic E-state index is -0.286. The molecule has 2 N–H and O–H groups in total. The van der Waals surface area contributed by atoms with Gasteiger partial charge in [0.15, 0.2) is 0 Å². The van der Waals surface area contributed by atoms with Gasteiger partial charge in [-0.1, -0.05) is 12.1 Å². The zero-order valence-corrected chi connectivity index (χ0v) is 12.2. The second-order valence-corrected chi connectivity index (χ2v) is 2.56. The van der Waals surface area contributed by atoms with E-state index in [0.29, 0.717) is 10.9 Å². The van der Waals surface area contributed by atoms with Gasteiger partial charge in [0, 0.05) is 11.5 Å². The Morgan fingerprint density at radius 1 is 1.14 bits per heavy atom. The van der Waals surface area contributed by atoms with Crippen molar-refractivity contribution in [3.05, 3.63) is 40.7 Å². The SMILES string of the molecule is O=c1cc(O)c2ccccc2[nH]1.[Na+].[Na+]. The van der Waals surface area contributed by atoms with Crippen LogP contribution < -0.4 is 64.7 Å². The molecule has 1 heterocycles. The maximum absolute atomic E-state index is 10.9. The fourth-order valence-electron chi connectivity index (χ4n) is 1.19. The summed E-state index contributed by atoms with van der Waals surface area (Å²) in [7, 11) is 0. The summed E-state index contributed by atoms with van der Waals surface area (Å²) in [6.45, 7) is 0. The average molecular weight is 207 g/mol. The molecule has 0 saturated carbocycles. The van der Waals surface area contributed by atoms with E-state index in [1.165, 1.54) is 6.07 Å². The first-order valence-corrected chi connectivity index (χ1v) is 3.58. The van der Waals surface area contributed by atoms with Crippen molar-refractivity contribution in [3.8, 4) is 5.75 Å². The standard InChI is InChI=1S/C9H7NO2.2Na/c11-8-5-9(12)10-7-4-2-1-3-6(7)8;;/h1-5H,(H2,10,11,12);;/q;2*+1. The summed E-state index contributed by atoms with van der Waals surface area (Å²) in [5.74, 6) is 0.0225. The van der Waals surface area contributed by atoms with E-state index in [4.69, 9.17) is 0 Å². The first-order valence-electron chi connectivity index (χ1n) is 3.58. The molecule has 0 aliphatic heterocycles. The van der Waals surface area contributed by atoms with Gasteiger partial charge in [-0.15, -0.1) is 0 Å². The molecule has 0 aliphatic rings. The summed E-state index contributed by atoms with van der Waals surface area (Å²) in [5.41, 5.74) is 0.369. The summed E-state index contributed by atoms with van der Waals surface area (Å²) < 4.78 is 0. The van der Waals surface area contributed by atoms with Crippen LogP contribution in [0, 0.1) is 0 Å². The molecular weight excluding hydrogens is 200 g/mol. The van der Waals surface area contributed by atoms with E-state index in [0.717, 1.165) is 0 Å². The van der Waals surface area contributed by atoms with E-state index in [2.05, 4.69) is 4.98 Å². The van der Waals surface area contributed by atoms with Crippen molar-refractivity contribution in [2.75, 3.05) is 0 Å². The molecule has 0 spiro atoms. The van der Waals surface area contributed by atoms with Gasteiger partial charge in [0.25, 0.3) is 5.56 Å². The van der Waals surface area contributed by atoms with Gasteiger partial charge >= 0.3 is 59.1 Å². The van der Waals surface area contributed by atoms with Gasteiger partial charge in [-0.3, -0.25) is 4.79 Å². The number of aromatic amines is 1. The molecule has 1 aromatic carbocycles. The predicted molar refractivity (Wildman–Crippen MR) is 46.2 cm³/mol. The van der Waals surface area contributed by atoms with Gasteiger partial charge in [0.2, 0.25) is 0 Å².